The molecule has 1 aliphatic rings. The summed E-state index contributed by atoms with van der Waals surface area (Å²) in [6.45, 7) is -0.0680. The largest absolute Gasteiger partial charge is 0.412 e. The van der Waals surface area contributed by atoms with Crippen LogP contribution >= 0.6 is 0 Å². The molecule has 4 N–H and O–H groups in total. The van der Waals surface area contributed by atoms with Crippen molar-refractivity contribution in [1.29, 1.82) is 0 Å². The van der Waals surface area contributed by atoms with Crippen LogP contribution in [0.15, 0.2) is 24.3 Å². The van der Waals surface area contributed by atoms with Crippen molar-refractivity contribution in [1.82, 2.24) is 0 Å². The number of nitrogen functional groups attached to an aromatic ring is 1. The first-order chi connectivity index (χ1) is 8.40. The molecular formula is C12H16F3N3. The van der Waals surface area contributed by atoms with Gasteiger partial charge in [-0.2, -0.15) is 13.2 Å². The van der Waals surface area contributed by atoms with Crippen molar-refractivity contribution in [2.24, 2.45) is 5.73 Å². The Labute approximate surface area is 104 Å². The van der Waals surface area contributed by atoms with Crippen molar-refractivity contribution in [2.45, 2.75) is 24.6 Å². The van der Waals surface area contributed by atoms with Gasteiger partial charge < -0.3 is 16.4 Å². The van der Waals surface area contributed by atoms with Crippen LogP contribution in [-0.2, 0) is 0 Å². The molecule has 0 amide bonds. The molecule has 1 atom stereocenters. The summed E-state index contributed by atoms with van der Waals surface area (Å²) in [6.07, 6.45) is -3.81. The van der Waals surface area contributed by atoms with Gasteiger partial charge in [0.1, 0.15) is 5.54 Å². The number of nitrogens with zero attached hydrogens (tertiary/aromatic N) is 1. The van der Waals surface area contributed by atoms with E-state index in [0.29, 0.717) is 24.3 Å². The molecule has 1 fully saturated rings. The fourth-order valence-corrected chi connectivity index (χ4v) is 2.53. The number of alkyl halides is 3. The first kappa shape index (κ1) is 13.0. The lowest BCUT2D eigenvalue weighted by atomic mass is 9.95. The highest BCUT2D eigenvalue weighted by Crippen LogP contribution is 2.44. The highest BCUT2D eigenvalue weighted by molar-refractivity contribution is 5.56. The van der Waals surface area contributed by atoms with Crippen molar-refractivity contribution in [3.8, 4) is 0 Å². The standard InChI is InChI=1S/C12H16F3N3/c13-12(14,15)11(8-16)6-1-7-18(11)10-4-2-9(17)3-5-10/h2-5H,1,6-8,16-17H2. The van der Waals surface area contributed by atoms with E-state index in [9.17, 15) is 13.2 Å². The quantitative estimate of drug-likeness (QED) is 0.800. The van der Waals surface area contributed by atoms with E-state index in [1.807, 2.05) is 0 Å². The van der Waals surface area contributed by atoms with Crippen LogP contribution in [0.3, 0.4) is 0 Å². The predicted molar refractivity (Wildman–Crippen MR) is 65.3 cm³/mol. The number of benzene rings is 1. The van der Waals surface area contributed by atoms with E-state index in [1.54, 1.807) is 24.3 Å². The van der Waals surface area contributed by atoms with Crippen molar-refractivity contribution in [3.63, 3.8) is 0 Å². The Bertz CT molecular complexity index is 416. The first-order valence-corrected chi connectivity index (χ1v) is 5.81. The van der Waals surface area contributed by atoms with Gasteiger partial charge in [-0.1, -0.05) is 0 Å². The van der Waals surface area contributed by atoms with E-state index in [4.69, 9.17) is 11.5 Å². The average Bonchev–Trinajstić information content (AvgIpc) is 2.74. The fourth-order valence-electron chi connectivity index (χ4n) is 2.53. The minimum Gasteiger partial charge on any atom is -0.399 e. The Kier molecular flexibility index (Phi) is 3.14. The van der Waals surface area contributed by atoms with E-state index in [2.05, 4.69) is 0 Å². The summed E-state index contributed by atoms with van der Waals surface area (Å²) in [4.78, 5) is 1.35. The molecule has 1 saturated heterocycles. The molecule has 0 spiro atoms. The van der Waals surface area contributed by atoms with Crippen LogP contribution in [0.5, 0.6) is 0 Å². The summed E-state index contributed by atoms with van der Waals surface area (Å²) in [5, 5.41) is 0. The second-order valence-electron chi connectivity index (χ2n) is 4.58. The zero-order chi connectivity index (χ0) is 13.4. The maximum Gasteiger partial charge on any atom is 0.412 e. The Morgan fingerprint density at radius 3 is 2.33 bits per heavy atom. The maximum absolute atomic E-state index is 13.3. The molecule has 100 valence electrons. The van der Waals surface area contributed by atoms with Crippen molar-refractivity contribution in [3.05, 3.63) is 24.3 Å². The van der Waals surface area contributed by atoms with Gasteiger partial charge in [0.25, 0.3) is 0 Å². The third kappa shape index (κ3) is 1.90. The molecule has 1 aliphatic heterocycles. The van der Waals surface area contributed by atoms with Crippen LogP contribution in [0.2, 0.25) is 0 Å². The molecule has 0 aromatic heterocycles. The summed E-state index contributed by atoms with van der Waals surface area (Å²) in [5.41, 5.74) is 10.1. The van der Waals surface area contributed by atoms with E-state index in [1.165, 1.54) is 4.90 Å². The number of nitrogens with two attached hydrogens (primary N) is 2. The average molecular weight is 259 g/mol. The van der Waals surface area contributed by atoms with Crippen LogP contribution in [0.4, 0.5) is 24.5 Å². The second kappa shape index (κ2) is 4.35. The van der Waals surface area contributed by atoms with E-state index in [-0.39, 0.29) is 6.42 Å². The highest BCUT2D eigenvalue weighted by atomic mass is 19.4. The number of halogens is 3. The molecule has 1 aromatic rings. The lowest BCUT2D eigenvalue weighted by Crippen LogP contribution is -2.60. The summed E-state index contributed by atoms with van der Waals surface area (Å²) < 4.78 is 39.9. The van der Waals surface area contributed by atoms with Gasteiger partial charge in [0.15, 0.2) is 0 Å². The molecule has 2 rings (SSSR count). The van der Waals surface area contributed by atoms with E-state index < -0.39 is 18.3 Å². The Morgan fingerprint density at radius 1 is 1.22 bits per heavy atom. The van der Waals surface area contributed by atoms with Gasteiger partial charge in [0.05, 0.1) is 0 Å². The van der Waals surface area contributed by atoms with Gasteiger partial charge in [0, 0.05) is 24.5 Å². The molecule has 0 bridgehead atoms. The van der Waals surface area contributed by atoms with Gasteiger partial charge in [-0.05, 0) is 37.1 Å². The SMILES string of the molecule is NCC1(C(F)(F)F)CCCN1c1ccc(N)cc1. The van der Waals surface area contributed by atoms with Gasteiger partial charge in [-0.15, -0.1) is 0 Å². The van der Waals surface area contributed by atoms with Gasteiger partial charge in [-0.25, -0.2) is 0 Å². The zero-order valence-electron chi connectivity index (χ0n) is 9.87. The molecule has 1 aromatic carbocycles. The normalized spacial score (nSPS) is 24.6. The number of hydrogen-bond acceptors (Lipinski definition) is 3. The third-order valence-corrected chi connectivity index (χ3v) is 3.56. The molecule has 3 nitrogen and oxygen atoms in total. The molecule has 1 unspecified atom stereocenters. The second-order valence-corrected chi connectivity index (χ2v) is 4.58. The van der Waals surface area contributed by atoms with Crippen LogP contribution in [-0.4, -0.2) is 24.8 Å². The molecule has 1 heterocycles. The van der Waals surface area contributed by atoms with Crippen LogP contribution in [0, 0.1) is 0 Å². The van der Waals surface area contributed by atoms with E-state index in [0.717, 1.165) is 0 Å². The zero-order valence-corrected chi connectivity index (χ0v) is 9.87. The van der Waals surface area contributed by atoms with E-state index >= 15 is 0 Å². The molecule has 6 heteroatoms. The lowest BCUT2D eigenvalue weighted by molar-refractivity contribution is -0.181. The first-order valence-electron chi connectivity index (χ1n) is 5.81. The van der Waals surface area contributed by atoms with Crippen molar-refractivity contribution >= 4 is 11.4 Å². The minimum atomic E-state index is -4.33. The number of anilines is 2. The molecular weight excluding hydrogens is 243 g/mol. The van der Waals surface area contributed by atoms with Crippen LogP contribution < -0.4 is 16.4 Å². The summed E-state index contributed by atoms with van der Waals surface area (Å²) in [6, 6.07) is 6.42. The number of rotatable bonds is 2. The third-order valence-electron chi connectivity index (χ3n) is 3.56. The summed E-state index contributed by atoms with van der Waals surface area (Å²) in [5.74, 6) is 0. The maximum atomic E-state index is 13.3. The predicted octanol–water partition coefficient (Wildman–Crippen LogP) is 2.13. The fraction of sp³-hybridized carbons (Fsp3) is 0.500. The van der Waals surface area contributed by atoms with Crippen LogP contribution in [0.1, 0.15) is 12.8 Å². The Hall–Kier alpha value is -1.43. The smallest absolute Gasteiger partial charge is 0.399 e. The van der Waals surface area contributed by atoms with Gasteiger partial charge in [0.2, 0.25) is 0 Å². The summed E-state index contributed by atoms with van der Waals surface area (Å²) >= 11 is 0. The van der Waals surface area contributed by atoms with Gasteiger partial charge >= 0.3 is 6.18 Å². The van der Waals surface area contributed by atoms with Crippen LogP contribution in [0.25, 0.3) is 0 Å². The summed E-state index contributed by atoms with van der Waals surface area (Å²) in [7, 11) is 0. The molecule has 0 radical (unpaired) electrons. The Morgan fingerprint density at radius 2 is 1.83 bits per heavy atom. The minimum absolute atomic E-state index is 0.0391. The monoisotopic (exact) mass is 259 g/mol. The topological polar surface area (TPSA) is 55.3 Å². The molecule has 0 aliphatic carbocycles. The lowest BCUT2D eigenvalue weighted by Gasteiger charge is -2.40. The Balaban J connectivity index is 2.40. The van der Waals surface area contributed by atoms with Gasteiger partial charge in [-0.3, -0.25) is 0 Å². The highest BCUT2D eigenvalue weighted by Gasteiger charge is 2.59. The van der Waals surface area contributed by atoms with Crippen molar-refractivity contribution in [2.75, 3.05) is 23.7 Å². The number of hydrogen-bond donors (Lipinski definition) is 2. The molecule has 18 heavy (non-hydrogen) atoms. The van der Waals surface area contributed by atoms with Crippen molar-refractivity contribution < 1.29 is 13.2 Å². The molecule has 0 saturated carbocycles.